The van der Waals surface area contributed by atoms with Crippen molar-refractivity contribution in [3.63, 3.8) is 0 Å². The van der Waals surface area contributed by atoms with Gasteiger partial charge < -0.3 is 20.5 Å². The minimum atomic E-state index is -0.309. The van der Waals surface area contributed by atoms with E-state index < -0.39 is 0 Å². The molecule has 0 bridgehead atoms. The quantitative estimate of drug-likeness (QED) is 0.214. The number of hydrogen-bond donors (Lipinski definition) is 3. The highest BCUT2D eigenvalue weighted by molar-refractivity contribution is 14.0. The zero-order chi connectivity index (χ0) is 21.8. The number of benzene rings is 1. The van der Waals surface area contributed by atoms with Gasteiger partial charge in [0.25, 0.3) is 0 Å². The fourth-order valence-corrected chi connectivity index (χ4v) is 3.19. The van der Waals surface area contributed by atoms with Crippen LogP contribution >= 0.6 is 24.0 Å². The van der Waals surface area contributed by atoms with Gasteiger partial charge in [-0.25, -0.2) is 14.4 Å². The summed E-state index contributed by atoms with van der Waals surface area (Å²) in [6.07, 6.45) is 4.42. The Bertz CT molecular complexity index is 798. The molecule has 0 aliphatic carbocycles. The number of nitrogens with one attached hydrogen (secondary N) is 2. The Balaban J connectivity index is 0.00000480. The Labute approximate surface area is 201 Å². The van der Waals surface area contributed by atoms with E-state index >= 15 is 0 Å². The van der Waals surface area contributed by atoms with Crippen molar-refractivity contribution in [3.8, 4) is 11.6 Å². The Kier molecular flexibility index (Phi) is 12.4. The van der Waals surface area contributed by atoms with Gasteiger partial charge in [0.2, 0.25) is 5.88 Å². The molecule has 3 N–H and O–H groups in total. The Hall–Kier alpha value is -1.94. The predicted molar refractivity (Wildman–Crippen MR) is 134 cm³/mol. The van der Waals surface area contributed by atoms with Gasteiger partial charge in [0.05, 0.1) is 6.54 Å². The van der Waals surface area contributed by atoms with Gasteiger partial charge in [-0.05, 0) is 67.5 Å². The number of aliphatic hydroxyl groups is 1. The van der Waals surface area contributed by atoms with E-state index in [4.69, 9.17) is 4.74 Å². The molecule has 1 heterocycles. The van der Waals surface area contributed by atoms with Crippen LogP contribution in [0.4, 0.5) is 4.39 Å². The molecule has 172 valence electrons. The molecule has 0 saturated carbocycles. The Morgan fingerprint density at radius 3 is 2.45 bits per heavy atom. The number of halogens is 2. The third-order valence-electron chi connectivity index (χ3n) is 5.37. The van der Waals surface area contributed by atoms with E-state index in [0.717, 1.165) is 43.9 Å². The second kappa shape index (κ2) is 14.2. The summed E-state index contributed by atoms with van der Waals surface area (Å²) in [6.45, 7) is 8.50. The number of guanidine groups is 1. The molecule has 6 nitrogen and oxygen atoms in total. The van der Waals surface area contributed by atoms with Crippen molar-refractivity contribution in [2.45, 2.75) is 46.6 Å². The van der Waals surface area contributed by atoms with Crippen molar-refractivity contribution in [3.05, 3.63) is 54.0 Å². The predicted octanol–water partition coefficient (Wildman–Crippen LogP) is 4.87. The summed E-state index contributed by atoms with van der Waals surface area (Å²) in [6, 6.07) is 9.54. The molecule has 0 atom stereocenters. The minimum Gasteiger partial charge on any atom is -0.439 e. The van der Waals surface area contributed by atoms with Gasteiger partial charge in [-0.2, -0.15) is 0 Å². The fourth-order valence-electron chi connectivity index (χ4n) is 3.19. The van der Waals surface area contributed by atoms with E-state index in [1.807, 2.05) is 19.1 Å². The summed E-state index contributed by atoms with van der Waals surface area (Å²) >= 11 is 0. The zero-order valence-corrected chi connectivity index (χ0v) is 20.9. The first kappa shape index (κ1) is 27.1. The Morgan fingerprint density at radius 2 is 1.84 bits per heavy atom. The average molecular weight is 544 g/mol. The maximum atomic E-state index is 13.0. The highest BCUT2D eigenvalue weighted by Gasteiger charge is 2.25. The lowest BCUT2D eigenvalue weighted by Crippen LogP contribution is -2.43. The molecule has 0 radical (unpaired) electrons. The number of rotatable bonds is 11. The largest absolute Gasteiger partial charge is 0.439 e. The summed E-state index contributed by atoms with van der Waals surface area (Å²) in [5.41, 5.74) is 1.00. The molecule has 2 aromatic rings. The molecule has 0 aliphatic heterocycles. The highest BCUT2D eigenvalue weighted by Crippen LogP contribution is 2.29. The van der Waals surface area contributed by atoms with E-state index in [2.05, 4.69) is 34.5 Å². The van der Waals surface area contributed by atoms with Crippen molar-refractivity contribution >= 4 is 29.9 Å². The highest BCUT2D eigenvalue weighted by atomic mass is 127. The van der Waals surface area contributed by atoms with Gasteiger partial charge in [0.1, 0.15) is 11.6 Å². The number of nitrogens with zero attached hydrogens (tertiary/aromatic N) is 2. The van der Waals surface area contributed by atoms with Crippen LogP contribution in [0.5, 0.6) is 11.6 Å². The summed E-state index contributed by atoms with van der Waals surface area (Å²) in [4.78, 5) is 8.89. The van der Waals surface area contributed by atoms with Gasteiger partial charge in [-0.15, -0.1) is 24.0 Å². The lowest BCUT2D eigenvalue weighted by Gasteiger charge is -2.32. The van der Waals surface area contributed by atoms with Crippen LogP contribution in [0.3, 0.4) is 0 Å². The SMILES string of the molecule is CCNC(=NCc1ccnc(Oc2ccc(F)cc2)c1)NCC(CC)(CC)CCO.I. The molecule has 0 saturated heterocycles. The first-order valence-corrected chi connectivity index (χ1v) is 10.6. The fraction of sp³-hybridized carbons (Fsp3) is 0.478. The van der Waals surface area contributed by atoms with E-state index in [9.17, 15) is 9.50 Å². The molecule has 1 aromatic heterocycles. The number of ether oxygens (including phenoxy) is 1. The standard InChI is InChI=1S/C23H33FN4O2.HI/c1-4-23(5-2,12-14-29)17-28-22(25-6-3)27-16-18-11-13-26-21(15-18)30-20-9-7-19(24)8-10-20;/h7-11,13,15,29H,4-6,12,14,16-17H2,1-3H3,(H2,25,27,28);1H. The molecular weight excluding hydrogens is 510 g/mol. The molecule has 0 amide bonds. The van der Waals surface area contributed by atoms with E-state index in [-0.39, 0.29) is 41.8 Å². The van der Waals surface area contributed by atoms with Crippen molar-refractivity contribution < 1.29 is 14.2 Å². The van der Waals surface area contributed by atoms with E-state index in [1.54, 1.807) is 18.3 Å². The smallest absolute Gasteiger partial charge is 0.219 e. The summed E-state index contributed by atoms with van der Waals surface area (Å²) < 4.78 is 18.7. The average Bonchev–Trinajstić information content (AvgIpc) is 2.76. The van der Waals surface area contributed by atoms with Crippen molar-refractivity contribution in [2.24, 2.45) is 10.4 Å². The third-order valence-corrected chi connectivity index (χ3v) is 5.37. The Morgan fingerprint density at radius 1 is 1.13 bits per heavy atom. The first-order chi connectivity index (χ1) is 14.5. The van der Waals surface area contributed by atoms with Crippen LogP contribution in [-0.2, 0) is 6.54 Å². The van der Waals surface area contributed by atoms with Gasteiger partial charge in [-0.3, -0.25) is 0 Å². The number of aliphatic imine (C=N–C) groups is 1. The van der Waals surface area contributed by atoms with E-state index in [0.29, 0.717) is 18.2 Å². The maximum absolute atomic E-state index is 13.0. The van der Waals surface area contributed by atoms with Crippen molar-refractivity contribution in [1.29, 1.82) is 0 Å². The van der Waals surface area contributed by atoms with Crippen LogP contribution in [-0.4, -0.2) is 35.7 Å². The van der Waals surface area contributed by atoms with Gasteiger partial charge in [0.15, 0.2) is 5.96 Å². The van der Waals surface area contributed by atoms with Crippen LogP contribution in [0.25, 0.3) is 0 Å². The second-order valence-corrected chi connectivity index (χ2v) is 7.29. The molecule has 0 spiro atoms. The molecule has 0 unspecified atom stereocenters. The summed E-state index contributed by atoms with van der Waals surface area (Å²) in [5.74, 6) is 1.39. The van der Waals surface area contributed by atoms with Gasteiger partial charge in [0, 0.05) is 32.0 Å². The topological polar surface area (TPSA) is 78.8 Å². The minimum absolute atomic E-state index is 0. The lowest BCUT2D eigenvalue weighted by atomic mass is 9.79. The maximum Gasteiger partial charge on any atom is 0.219 e. The summed E-state index contributed by atoms with van der Waals surface area (Å²) in [7, 11) is 0. The molecule has 0 aliphatic rings. The normalized spacial score (nSPS) is 11.6. The molecule has 0 fully saturated rings. The molecule has 1 aromatic carbocycles. The number of pyridine rings is 1. The molecule has 8 heteroatoms. The number of aromatic nitrogens is 1. The van der Waals surface area contributed by atoms with Gasteiger partial charge >= 0.3 is 0 Å². The van der Waals surface area contributed by atoms with Crippen molar-refractivity contribution in [2.75, 3.05) is 19.7 Å². The number of hydrogen-bond acceptors (Lipinski definition) is 4. The summed E-state index contributed by atoms with van der Waals surface area (Å²) in [5, 5.41) is 16.1. The molecule has 2 rings (SSSR count). The van der Waals surface area contributed by atoms with Crippen LogP contribution in [0.2, 0.25) is 0 Å². The molecule has 31 heavy (non-hydrogen) atoms. The van der Waals surface area contributed by atoms with Crippen LogP contribution in [0, 0.1) is 11.2 Å². The van der Waals surface area contributed by atoms with Crippen molar-refractivity contribution in [1.82, 2.24) is 15.6 Å². The van der Waals surface area contributed by atoms with Crippen LogP contribution < -0.4 is 15.4 Å². The zero-order valence-electron chi connectivity index (χ0n) is 18.5. The van der Waals surface area contributed by atoms with E-state index in [1.165, 1.54) is 12.1 Å². The third kappa shape index (κ3) is 8.98. The van der Waals surface area contributed by atoms with Gasteiger partial charge in [-0.1, -0.05) is 13.8 Å². The monoisotopic (exact) mass is 544 g/mol. The second-order valence-electron chi connectivity index (χ2n) is 7.29. The number of aliphatic hydroxyl groups excluding tert-OH is 1. The van der Waals surface area contributed by atoms with Crippen LogP contribution in [0.15, 0.2) is 47.6 Å². The molecular formula is C23H34FIN4O2. The lowest BCUT2D eigenvalue weighted by molar-refractivity contribution is 0.169. The first-order valence-electron chi connectivity index (χ1n) is 10.6. The van der Waals surface area contributed by atoms with Crippen LogP contribution in [0.1, 0.15) is 45.6 Å².